The van der Waals surface area contributed by atoms with Crippen molar-refractivity contribution in [1.29, 1.82) is 0 Å². The molecule has 0 unspecified atom stereocenters. The number of sulfonamides is 1. The third-order valence-corrected chi connectivity index (χ3v) is 4.47. The number of nitrogens with one attached hydrogen (secondary N) is 1. The number of aromatic nitrogens is 1. The lowest BCUT2D eigenvalue weighted by molar-refractivity contribution is -0.132. The van der Waals surface area contributed by atoms with Gasteiger partial charge in [0.05, 0.1) is 24.5 Å². The zero-order chi connectivity index (χ0) is 14.8. The third kappa shape index (κ3) is 4.43. The van der Waals surface area contributed by atoms with E-state index in [1.54, 1.807) is 10.3 Å². The SMILES string of the molecule is CS(=O)(=O)Nc1nc(CC(=O)N2CCC(O)CC2)cs1. The summed E-state index contributed by atoms with van der Waals surface area (Å²) in [5.41, 5.74) is 0.553. The normalized spacial score (nSPS) is 17.2. The molecule has 1 saturated heterocycles. The van der Waals surface area contributed by atoms with Crippen LogP contribution in [0.25, 0.3) is 0 Å². The summed E-state index contributed by atoms with van der Waals surface area (Å²) in [6.45, 7) is 1.11. The fraction of sp³-hybridized carbons (Fsp3) is 0.636. The van der Waals surface area contributed by atoms with Crippen molar-refractivity contribution in [2.45, 2.75) is 25.4 Å². The lowest BCUT2D eigenvalue weighted by Gasteiger charge is -2.29. The molecule has 2 heterocycles. The fourth-order valence-corrected chi connectivity index (χ4v) is 3.54. The molecule has 0 bridgehead atoms. The molecule has 1 aromatic rings. The number of nitrogens with zero attached hydrogens (tertiary/aromatic N) is 2. The predicted octanol–water partition coefficient (Wildman–Crippen LogP) is 0.0404. The monoisotopic (exact) mass is 319 g/mol. The highest BCUT2D eigenvalue weighted by molar-refractivity contribution is 7.92. The maximum Gasteiger partial charge on any atom is 0.231 e. The average molecular weight is 319 g/mol. The van der Waals surface area contributed by atoms with E-state index < -0.39 is 10.0 Å². The first-order valence-electron chi connectivity index (χ1n) is 6.21. The van der Waals surface area contributed by atoms with E-state index in [2.05, 4.69) is 9.71 Å². The van der Waals surface area contributed by atoms with Crippen LogP contribution in [-0.4, -0.2) is 54.8 Å². The van der Waals surface area contributed by atoms with Gasteiger partial charge in [-0.1, -0.05) is 0 Å². The number of piperidine rings is 1. The topological polar surface area (TPSA) is 99.6 Å². The zero-order valence-corrected chi connectivity index (χ0v) is 12.7. The molecule has 1 fully saturated rings. The van der Waals surface area contributed by atoms with Gasteiger partial charge in [-0.05, 0) is 12.8 Å². The number of amides is 1. The molecule has 20 heavy (non-hydrogen) atoms. The Morgan fingerprint density at radius 1 is 1.55 bits per heavy atom. The molecule has 0 atom stereocenters. The number of thiazole rings is 1. The van der Waals surface area contributed by atoms with Crippen LogP contribution in [0.5, 0.6) is 0 Å². The lowest BCUT2D eigenvalue weighted by Crippen LogP contribution is -2.40. The molecule has 7 nitrogen and oxygen atoms in total. The van der Waals surface area contributed by atoms with Crippen molar-refractivity contribution in [3.05, 3.63) is 11.1 Å². The van der Waals surface area contributed by atoms with Gasteiger partial charge in [0.25, 0.3) is 0 Å². The Kier molecular flexibility index (Phi) is 4.61. The summed E-state index contributed by atoms with van der Waals surface area (Å²) in [4.78, 5) is 17.8. The van der Waals surface area contributed by atoms with Gasteiger partial charge in [-0.3, -0.25) is 9.52 Å². The molecule has 112 valence electrons. The predicted molar refractivity (Wildman–Crippen MR) is 76.1 cm³/mol. The number of rotatable bonds is 4. The minimum absolute atomic E-state index is 0.0481. The first kappa shape index (κ1) is 15.2. The summed E-state index contributed by atoms with van der Waals surface area (Å²) in [6, 6.07) is 0. The van der Waals surface area contributed by atoms with E-state index in [0.29, 0.717) is 31.6 Å². The van der Waals surface area contributed by atoms with Gasteiger partial charge >= 0.3 is 0 Å². The van der Waals surface area contributed by atoms with Crippen LogP contribution in [0, 0.1) is 0 Å². The highest BCUT2D eigenvalue weighted by Gasteiger charge is 2.22. The van der Waals surface area contributed by atoms with Crippen LogP contribution >= 0.6 is 11.3 Å². The van der Waals surface area contributed by atoms with Gasteiger partial charge in [-0.2, -0.15) is 0 Å². The summed E-state index contributed by atoms with van der Waals surface area (Å²) in [6.07, 6.45) is 2.09. The molecule has 1 aliphatic heterocycles. The highest BCUT2D eigenvalue weighted by atomic mass is 32.2. The maximum atomic E-state index is 12.0. The summed E-state index contributed by atoms with van der Waals surface area (Å²) in [5, 5.41) is 11.3. The minimum Gasteiger partial charge on any atom is -0.393 e. The lowest BCUT2D eigenvalue weighted by atomic mass is 10.1. The van der Waals surface area contributed by atoms with Crippen LogP contribution in [0.4, 0.5) is 5.13 Å². The van der Waals surface area contributed by atoms with E-state index in [0.717, 1.165) is 17.6 Å². The van der Waals surface area contributed by atoms with Crippen LogP contribution in [0.3, 0.4) is 0 Å². The molecule has 1 amide bonds. The van der Waals surface area contributed by atoms with Gasteiger partial charge in [0.1, 0.15) is 0 Å². The number of aliphatic hydroxyl groups is 1. The van der Waals surface area contributed by atoms with Crippen molar-refractivity contribution in [3.63, 3.8) is 0 Å². The molecule has 2 rings (SSSR count). The van der Waals surface area contributed by atoms with Crippen molar-refractivity contribution < 1.29 is 18.3 Å². The second-order valence-electron chi connectivity index (χ2n) is 4.81. The summed E-state index contributed by atoms with van der Waals surface area (Å²) in [7, 11) is -3.34. The van der Waals surface area contributed by atoms with Crippen molar-refractivity contribution >= 4 is 32.4 Å². The van der Waals surface area contributed by atoms with Crippen LogP contribution in [0.2, 0.25) is 0 Å². The van der Waals surface area contributed by atoms with Crippen LogP contribution in [-0.2, 0) is 21.2 Å². The molecule has 9 heteroatoms. The Morgan fingerprint density at radius 3 is 2.80 bits per heavy atom. The first-order chi connectivity index (χ1) is 9.33. The molecule has 1 aliphatic rings. The molecule has 0 aromatic carbocycles. The first-order valence-corrected chi connectivity index (χ1v) is 8.98. The Labute approximate surface area is 121 Å². The van der Waals surface area contributed by atoms with Gasteiger partial charge in [0, 0.05) is 18.5 Å². The van der Waals surface area contributed by atoms with Crippen molar-refractivity contribution in [2.75, 3.05) is 24.1 Å². The summed E-state index contributed by atoms with van der Waals surface area (Å²) in [5.74, 6) is -0.0481. The second kappa shape index (κ2) is 6.06. The molecule has 0 radical (unpaired) electrons. The third-order valence-electron chi connectivity index (χ3n) is 2.97. The van der Waals surface area contributed by atoms with Gasteiger partial charge in [-0.25, -0.2) is 13.4 Å². The molecular formula is C11H17N3O4S2. The van der Waals surface area contributed by atoms with E-state index in [4.69, 9.17) is 0 Å². The number of anilines is 1. The number of aliphatic hydroxyl groups excluding tert-OH is 1. The second-order valence-corrected chi connectivity index (χ2v) is 7.41. The van der Waals surface area contributed by atoms with Crippen LogP contribution in [0.1, 0.15) is 18.5 Å². The average Bonchev–Trinajstić information content (AvgIpc) is 2.74. The Balaban J connectivity index is 1.91. The Morgan fingerprint density at radius 2 is 2.20 bits per heavy atom. The van der Waals surface area contributed by atoms with E-state index >= 15 is 0 Å². The molecule has 0 spiro atoms. The van der Waals surface area contributed by atoms with E-state index in [1.165, 1.54) is 0 Å². The maximum absolute atomic E-state index is 12.0. The van der Waals surface area contributed by atoms with Gasteiger partial charge in [0.15, 0.2) is 5.13 Å². The fourth-order valence-electron chi connectivity index (χ4n) is 1.98. The van der Waals surface area contributed by atoms with E-state index in [1.807, 2.05) is 0 Å². The van der Waals surface area contributed by atoms with Gasteiger partial charge in [-0.15, -0.1) is 11.3 Å². The number of hydrogen-bond donors (Lipinski definition) is 2. The van der Waals surface area contributed by atoms with Crippen molar-refractivity contribution in [2.24, 2.45) is 0 Å². The Hall–Kier alpha value is -1.19. The van der Waals surface area contributed by atoms with Gasteiger partial charge < -0.3 is 10.0 Å². The number of carbonyl (C=O) groups excluding carboxylic acids is 1. The molecular weight excluding hydrogens is 302 g/mol. The summed E-state index contributed by atoms with van der Waals surface area (Å²) >= 11 is 1.15. The molecule has 1 aromatic heterocycles. The molecule has 0 saturated carbocycles. The summed E-state index contributed by atoms with van der Waals surface area (Å²) < 4.78 is 24.4. The number of hydrogen-bond acceptors (Lipinski definition) is 6. The molecule has 2 N–H and O–H groups in total. The zero-order valence-electron chi connectivity index (χ0n) is 11.1. The Bertz CT molecular complexity index is 576. The van der Waals surface area contributed by atoms with Crippen LogP contribution in [0.15, 0.2) is 5.38 Å². The van der Waals surface area contributed by atoms with Crippen molar-refractivity contribution in [1.82, 2.24) is 9.88 Å². The van der Waals surface area contributed by atoms with Gasteiger partial charge in [0.2, 0.25) is 15.9 Å². The quantitative estimate of drug-likeness (QED) is 0.816. The molecule has 0 aliphatic carbocycles. The number of likely N-dealkylation sites (tertiary alicyclic amines) is 1. The largest absolute Gasteiger partial charge is 0.393 e. The van der Waals surface area contributed by atoms with Crippen LogP contribution < -0.4 is 4.72 Å². The number of carbonyl (C=O) groups is 1. The standard InChI is InChI=1S/C11H17N3O4S2/c1-20(17,18)13-11-12-8(7-19-11)6-10(16)14-4-2-9(15)3-5-14/h7,9,15H,2-6H2,1H3,(H,12,13). The van der Waals surface area contributed by atoms with E-state index in [9.17, 15) is 18.3 Å². The van der Waals surface area contributed by atoms with E-state index in [-0.39, 0.29) is 23.6 Å². The smallest absolute Gasteiger partial charge is 0.231 e. The van der Waals surface area contributed by atoms with Crippen molar-refractivity contribution in [3.8, 4) is 0 Å². The highest BCUT2D eigenvalue weighted by Crippen LogP contribution is 2.18. The minimum atomic E-state index is -3.34.